The van der Waals surface area contributed by atoms with E-state index in [4.69, 9.17) is 14.2 Å². The molecule has 164 valence electrons. The van der Waals surface area contributed by atoms with Crippen LogP contribution in [0.1, 0.15) is 11.1 Å². The van der Waals surface area contributed by atoms with Gasteiger partial charge < -0.3 is 29.7 Å². The normalized spacial score (nSPS) is 12.4. The third kappa shape index (κ3) is 6.56. The molecule has 0 spiro atoms. The molecule has 0 saturated carbocycles. The topological polar surface area (TPSA) is 67.4 Å². The lowest BCUT2D eigenvalue weighted by Crippen LogP contribution is -2.45. The average molecular weight is 415 g/mol. The Hall–Kier alpha value is -2.93. The van der Waals surface area contributed by atoms with Crippen molar-refractivity contribution in [3.8, 4) is 17.2 Å². The van der Waals surface area contributed by atoms with Crippen molar-refractivity contribution in [1.82, 2.24) is 15.5 Å². The van der Waals surface area contributed by atoms with Gasteiger partial charge in [0.25, 0.3) is 0 Å². The van der Waals surface area contributed by atoms with Gasteiger partial charge in [0.15, 0.2) is 17.5 Å². The number of ether oxygens (including phenoxy) is 3. The van der Waals surface area contributed by atoms with Gasteiger partial charge in [0.1, 0.15) is 0 Å². The molecule has 0 aliphatic carbocycles. The first kappa shape index (κ1) is 23.3. The molecule has 0 heterocycles. The highest BCUT2D eigenvalue weighted by molar-refractivity contribution is 5.79. The molecule has 7 nitrogen and oxygen atoms in total. The Morgan fingerprint density at radius 1 is 0.933 bits per heavy atom. The molecule has 7 heteroatoms. The van der Waals surface area contributed by atoms with Gasteiger partial charge in [-0.05, 0) is 43.8 Å². The van der Waals surface area contributed by atoms with Crippen molar-refractivity contribution in [2.75, 3.05) is 49.0 Å². The predicted molar refractivity (Wildman–Crippen MR) is 122 cm³/mol. The fourth-order valence-electron chi connectivity index (χ4n) is 3.18. The Morgan fingerprint density at radius 2 is 1.57 bits per heavy atom. The van der Waals surface area contributed by atoms with Crippen LogP contribution in [0.5, 0.6) is 17.2 Å². The molecule has 0 radical (unpaired) electrons. The molecule has 0 bridgehead atoms. The first-order chi connectivity index (χ1) is 14.5. The number of likely N-dealkylation sites (N-methyl/N-ethyl adjacent to an activating group) is 1. The lowest BCUT2D eigenvalue weighted by molar-refractivity contribution is 0.290. The van der Waals surface area contributed by atoms with Crippen LogP contribution in [0, 0.1) is 0 Å². The summed E-state index contributed by atoms with van der Waals surface area (Å²) in [5.74, 6) is 2.59. The summed E-state index contributed by atoms with van der Waals surface area (Å²) < 4.78 is 16.2. The van der Waals surface area contributed by atoms with E-state index in [1.54, 1.807) is 28.4 Å². The molecule has 0 aliphatic rings. The highest BCUT2D eigenvalue weighted by atomic mass is 16.5. The summed E-state index contributed by atoms with van der Waals surface area (Å²) in [5.41, 5.74) is 2.32. The first-order valence-electron chi connectivity index (χ1n) is 9.96. The van der Waals surface area contributed by atoms with E-state index in [1.807, 2.05) is 18.2 Å². The second kappa shape index (κ2) is 11.9. The first-order valence-corrected chi connectivity index (χ1v) is 9.96. The Balaban J connectivity index is 1.98. The van der Waals surface area contributed by atoms with Gasteiger partial charge in [0.05, 0.1) is 21.3 Å². The minimum Gasteiger partial charge on any atom is -0.493 e. The van der Waals surface area contributed by atoms with Crippen LogP contribution in [0.2, 0.25) is 0 Å². The van der Waals surface area contributed by atoms with Gasteiger partial charge in [-0.3, -0.25) is 4.99 Å². The highest BCUT2D eigenvalue weighted by Crippen LogP contribution is 2.38. The van der Waals surface area contributed by atoms with E-state index >= 15 is 0 Å². The number of rotatable bonds is 10. The molecule has 1 atom stereocenters. The molecular formula is C23H34N4O3. The number of methoxy groups -OCH3 is 3. The van der Waals surface area contributed by atoms with Crippen LogP contribution < -0.4 is 24.8 Å². The monoisotopic (exact) mass is 414 g/mol. The fourth-order valence-corrected chi connectivity index (χ4v) is 3.18. The van der Waals surface area contributed by atoms with Crippen LogP contribution in [0.4, 0.5) is 0 Å². The van der Waals surface area contributed by atoms with Gasteiger partial charge in [-0.25, -0.2) is 0 Å². The fraction of sp³-hybridized carbons (Fsp3) is 0.435. The molecule has 30 heavy (non-hydrogen) atoms. The van der Waals surface area contributed by atoms with Crippen molar-refractivity contribution in [1.29, 1.82) is 0 Å². The molecule has 2 aromatic rings. The van der Waals surface area contributed by atoms with Crippen molar-refractivity contribution in [3.63, 3.8) is 0 Å². The largest absolute Gasteiger partial charge is 0.493 e. The Morgan fingerprint density at radius 3 is 2.07 bits per heavy atom. The van der Waals surface area contributed by atoms with Gasteiger partial charge in [-0.1, -0.05) is 30.3 Å². The third-order valence-corrected chi connectivity index (χ3v) is 4.96. The van der Waals surface area contributed by atoms with E-state index < -0.39 is 0 Å². The SMILES string of the molecule is CN=C(NCc1cc(OC)c(OC)c(OC)c1)NCC(Cc1ccccc1)N(C)C. The molecule has 2 aromatic carbocycles. The second-order valence-corrected chi connectivity index (χ2v) is 7.15. The Bertz CT molecular complexity index is 784. The summed E-state index contributed by atoms with van der Waals surface area (Å²) in [7, 11) is 10.8. The van der Waals surface area contributed by atoms with Gasteiger partial charge in [-0.15, -0.1) is 0 Å². The zero-order chi connectivity index (χ0) is 21.9. The van der Waals surface area contributed by atoms with Crippen molar-refractivity contribution in [2.45, 2.75) is 19.0 Å². The summed E-state index contributed by atoms with van der Waals surface area (Å²) in [6, 6.07) is 14.7. The maximum Gasteiger partial charge on any atom is 0.203 e. The molecule has 0 amide bonds. The van der Waals surface area contributed by atoms with Crippen molar-refractivity contribution >= 4 is 5.96 Å². The smallest absolute Gasteiger partial charge is 0.203 e. The molecule has 0 aliphatic heterocycles. The minimum absolute atomic E-state index is 0.340. The summed E-state index contributed by atoms with van der Waals surface area (Å²) in [4.78, 5) is 6.58. The number of nitrogens with zero attached hydrogens (tertiary/aromatic N) is 2. The quantitative estimate of drug-likeness (QED) is 0.460. The van der Waals surface area contributed by atoms with Crippen LogP contribution in [-0.4, -0.2) is 65.9 Å². The summed E-state index contributed by atoms with van der Waals surface area (Å²) in [5, 5.41) is 6.78. The summed E-state index contributed by atoms with van der Waals surface area (Å²) in [6.07, 6.45) is 0.963. The Kier molecular flexibility index (Phi) is 9.28. The van der Waals surface area contributed by atoms with Gasteiger partial charge in [0.2, 0.25) is 5.75 Å². The van der Waals surface area contributed by atoms with E-state index in [0.29, 0.717) is 29.8 Å². The number of hydrogen-bond donors (Lipinski definition) is 2. The number of nitrogens with one attached hydrogen (secondary N) is 2. The molecule has 0 saturated heterocycles. The van der Waals surface area contributed by atoms with E-state index in [0.717, 1.165) is 24.5 Å². The molecule has 2 rings (SSSR count). The summed E-state index contributed by atoms with van der Waals surface area (Å²) >= 11 is 0. The van der Waals surface area contributed by atoms with E-state index in [9.17, 15) is 0 Å². The molecular weight excluding hydrogens is 380 g/mol. The standard InChI is InChI=1S/C23H34N4O3/c1-24-23(26-16-19(27(2)3)12-17-10-8-7-9-11-17)25-15-18-13-20(28-4)22(30-6)21(14-18)29-5/h7-11,13-14,19H,12,15-16H2,1-6H3,(H2,24,25,26). The van der Waals surface area contributed by atoms with Crippen LogP contribution in [0.25, 0.3) is 0 Å². The van der Waals surface area contributed by atoms with Crippen LogP contribution in [-0.2, 0) is 13.0 Å². The van der Waals surface area contributed by atoms with Crippen LogP contribution in [0.15, 0.2) is 47.5 Å². The maximum absolute atomic E-state index is 5.43. The van der Waals surface area contributed by atoms with Crippen molar-refractivity contribution in [3.05, 3.63) is 53.6 Å². The zero-order valence-electron chi connectivity index (χ0n) is 18.9. The average Bonchev–Trinajstić information content (AvgIpc) is 2.77. The van der Waals surface area contributed by atoms with Crippen LogP contribution >= 0.6 is 0 Å². The van der Waals surface area contributed by atoms with Gasteiger partial charge in [-0.2, -0.15) is 0 Å². The number of benzene rings is 2. The van der Waals surface area contributed by atoms with Crippen molar-refractivity contribution < 1.29 is 14.2 Å². The van der Waals surface area contributed by atoms with Crippen molar-refractivity contribution in [2.24, 2.45) is 4.99 Å². The Labute approximate surface area is 180 Å². The molecule has 1 unspecified atom stereocenters. The minimum atomic E-state index is 0.340. The molecule has 0 aromatic heterocycles. The molecule has 2 N–H and O–H groups in total. The zero-order valence-corrected chi connectivity index (χ0v) is 18.9. The number of guanidine groups is 1. The van der Waals surface area contributed by atoms with E-state index in [-0.39, 0.29) is 0 Å². The van der Waals surface area contributed by atoms with Gasteiger partial charge >= 0.3 is 0 Å². The molecule has 0 fully saturated rings. The van der Waals surface area contributed by atoms with Crippen LogP contribution in [0.3, 0.4) is 0 Å². The highest BCUT2D eigenvalue weighted by Gasteiger charge is 2.15. The van der Waals surface area contributed by atoms with E-state index in [2.05, 4.69) is 58.9 Å². The number of hydrogen-bond acceptors (Lipinski definition) is 5. The van der Waals surface area contributed by atoms with Gasteiger partial charge in [0, 0.05) is 26.2 Å². The third-order valence-electron chi connectivity index (χ3n) is 4.96. The number of aliphatic imine (C=N–C) groups is 1. The summed E-state index contributed by atoms with van der Waals surface area (Å²) in [6.45, 7) is 1.35. The van der Waals surface area contributed by atoms with E-state index in [1.165, 1.54) is 5.56 Å². The lowest BCUT2D eigenvalue weighted by atomic mass is 10.1. The lowest BCUT2D eigenvalue weighted by Gasteiger charge is -2.26. The maximum atomic E-state index is 5.43. The second-order valence-electron chi connectivity index (χ2n) is 7.15. The predicted octanol–water partition coefficient (Wildman–Crippen LogP) is 2.55.